The van der Waals surface area contributed by atoms with Crippen LogP contribution in [0, 0.1) is 5.82 Å². The molecule has 4 nitrogen and oxygen atoms in total. The van der Waals surface area contributed by atoms with Crippen molar-refractivity contribution in [1.29, 1.82) is 0 Å². The third-order valence-electron chi connectivity index (χ3n) is 3.05. The highest BCUT2D eigenvalue weighted by molar-refractivity contribution is 9.10. The third-order valence-corrected chi connectivity index (χ3v) is 3.51. The second-order valence-corrected chi connectivity index (χ2v) is 5.47. The Kier molecular flexibility index (Phi) is 4.90. The van der Waals surface area contributed by atoms with Gasteiger partial charge >= 0.3 is 0 Å². The van der Waals surface area contributed by atoms with E-state index in [9.17, 15) is 9.18 Å². The molecule has 19 heavy (non-hydrogen) atoms. The van der Waals surface area contributed by atoms with Crippen LogP contribution in [0.15, 0.2) is 22.7 Å². The van der Waals surface area contributed by atoms with Crippen molar-refractivity contribution in [3.05, 3.63) is 34.1 Å². The monoisotopic (exact) mass is 330 g/mol. The Labute approximate surface area is 119 Å². The molecular weight excluding hydrogens is 315 g/mol. The molecule has 0 aromatic heterocycles. The van der Waals surface area contributed by atoms with Crippen molar-refractivity contribution in [3.8, 4) is 0 Å². The lowest BCUT2D eigenvalue weighted by Crippen LogP contribution is -2.35. The normalized spacial score (nSPS) is 22.5. The number of benzene rings is 1. The first kappa shape index (κ1) is 14.4. The predicted octanol–water partition coefficient (Wildman–Crippen LogP) is 1.71. The van der Waals surface area contributed by atoms with Crippen LogP contribution in [0.4, 0.5) is 4.39 Å². The summed E-state index contributed by atoms with van der Waals surface area (Å²) in [5.41, 5.74) is 6.19. The molecule has 0 spiro atoms. The molecule has 1 aliphatic rings. The van der Waals surface area contributed by atoms with Gasteiger partial charge in [-0.15, -0.1) is 0 Å². The van der Waals surface area contributed by atoms with Crippen LogP contribution in [0.2, 0.25) is 0 Å². The first-order chi connectivity index (χ1) is 9.08. The Morgan fingerprint density at radius 3 is 2.89 bits per heavy atom. The third kappa shape index (κ3) is 3.99. The van der Waals surface area contributed by atoms with Gasteiger partial charge in [0.1, 0.15) is 11.9 Å². The number of ether oxygens (including phenoxy) is 1. The summed E-state index contributed by atoms with van der Waals surface area (Å²) < 4.78 is 19.3. The van der Waals surface area contributed by atoms with Crippen LogP contribution in [0.3, 0.4) is 0 Å². The van der Waals surface area contributed by atoms with Gasteiger partial charge in [-0.3, -0.25) is 4.79 Å². The number of carbonyl (C=O) groups excluding carboxylic acids is 1. The lowest BCUT2D eigenvalue weighted by atomic mass is 10.2. The van der Waals surface area contributed by atoms with Gasteiger partial charge in [0.25, 0.3) is 0 Å². The minimum atomic E-state index is -0.439. The van der Waals surface area contributed by atoms with E-state index in [-0.39, 0.29) is 24.4 Å². The summed E-state index contributed by atoms with van der Waals surface area (Å²) in [4.78, 5) is 11.9. The maximum absolute atomic E-state index is 13.2. The van der Waals surface area contributed by atoms with Gasteiger partial charge in [0.15, 0.2) is 0 Å². The number of rotatable bonds is 4. The second-order valence-electron chi connectivity index (χ2n) is 4.56. The van der Waals surface area contributed by atoms with E-state index in [2.05, 4.69) is 21.2 Å². The summed E-state index contributed by atoms with van der Waals surface area (Å²) in [5.74, 6) is -0.504. The van der Waals surface area contributed by atoms with Gasteiger partial charge in [-0.05, 0) is 36.6 Å². The van der Waals surface area contributed by atoms with Crippen molar-refractivity contribution in [2.75, 3.05) is 6.54 Å². The van der Waals surface area contributed by atoms with Gasteiger partial charge in [0, 0.05) is 17.6 Å². The summed E-state index contributed by atoms with van der Waals surface area (Å²) in [5, 5.41) is 2.75. The van der Waals surface area contributed by atoms with Crippen LogP contribution < -0.4 is 11.1 Å². The van der Waals surface area contributed by atoms with Crippen molar-refractivity contribution in [3.63, 3.8) is 0 Å². The Bertz CT molecular complexity index is 450. The van der Waals surface area contributed by atoms with E-state index in [0.29, 0.717) is 23.0 Å². The lowest BCUT2D eigenvalue weighted by molar-refractivity contribution is -0.132. The Morgan fingerprint density at radius 2 is 2.26 bits per heavy atom. The Balaban J connectivity index is 1.86. The van der Waals surface area contributed by atoms with Gasteiger partial charge in [-0.1, -0.05) is 15.9 Å². The molecule has 1 fully saturated rings. The molecule has 1 aliphatic heterocycles. The maximum Gasteiger partial charge on any atom is 0.249 e. The van der Waals surface area contributed by atoms with E-state index in [0.717, 1.165) is 6.42 Å². The van der Waals surface area contributed by atoms with Crippen molar-refractivity contribution in [2.24, 2.45) is 5.73 Å². The minimum Gasteiger partial charge on any atom is -0.364 e. The number of halogens is 2. The molecule has 0 saturated carbocycles. The summed E-state index contributed by atoms with van der Waals surface area (Å²) >= 11 is 3.21. The zero-order chi connectivity index (χ0) is 13.8. The first-order valence-electron chi connectivity index (χ1n) is 6.16. The number of nitrogens with two attached hydrogens (primary N) is 1. The zero-order valence-corrected chi connectivity index (χ0v) is 12.0. The van der Waals surface area contributed by atoms with Gasteiger partial charge < -0.3 is 15.8 Å². The highest BCUT2D eigenvalue weighted by Gasteiger charge is 2.29. The summed E-state index contributed by atoms with van der Waals surface area (Å²) in [6.45, 7) is 0.711. The standard InChI is InChI=1S/C13H16BrFN2O2/c14-9-3-8(4-10(15)5-9)7-17-13(18)12-2-1-11(6-16)19-12/h3-5,11-12H,1-2,6-7,16H2,(H,17,18)/t11-,12+/m1/s1. The molecule has 0 bridgehead atoms. The molecule has 0 unspecified atom stereocenters. The van der Waals surface area contributed by atoms with E-state index < -0.39 is 6.10 Å². The molecule has 3 N–H and O–H groups in total. The summed E-state index contributed by atoms with van der Waals surface area (Å²) in [6.07, 6.45) is 1.02. The van der Waals surface area contributed by atoms with Gasteiger partial charge in [0.2, 0.25) is 5.91 Å². The molecule has 1 saturated heterocycles. The van der Waals surface area contributed by atoms with E-state index in [1.165, 1.54) is 12.1 Å². The first-order valence-corrected chi connectivity index (χ1v) is 6.96. The van der Waals surface area contributed by atoms with Crippen LogP contribution in [0.25, 0.3) is 0 Å². The quantitative estimate of drug-likeness (QED) is 0.883. The van der Waals surface area contributed by atoms with Crippen LogP contribution in [0.5, 0.6) is 0 Å². The summed E-state index contributed by atoms with van der Waals surface area (Å²) in [6, 6.07) is 4.53. The fourth-order valence-corrected chi connectivity index (χ4v) is 2.60. The largest absolute Gasteiger partial charge is 0.364 e. The van der Waals surface area contributed by atoms with E-state index in [4.69, 9.17) is 10.5 Å². The molecule has 0 radical (unpaired) electrons. The van der Waals surface area contributed by atoms with Crippen LogP contribution in [0.1, 0.15) is 18.4 Å². The smallest absolute Gasteiger partial charge is 0.249 e. The highest BCUT2D eigenvalue weighted by Crippen LogP contribution is 2.19. The number of hydrogen-bond acceptors (Lipinski definition) is 3. The van der Waals surface area contributed by atoms with Crippen molar-refractivity contribution >= 4 is 21.8 Å². The fraction of sp³-hybridized carbons (Fsp3) is 0.462. The molecule has 1 aromatic rings. The molecule has 2 atom stereocenters. The van der Waals surface area contributed by atoms with Crippen LogP contribution >= 0.6 is 15.9 Å². The van der Waals surface area contributed by atoms with Gasteiger partial charge in [0.05, 0.1) is 6.10 Å². The number of carbonyl (C=O) groups is 1. The molecule has 1 aromatic carbocycles. The SMILES string of the molecule is NC[C@H]1CC[C@@H](C(=O)NCc2cc(F)cc(Br)c2)O1. The van der Waals surface area contributed by atoms with Gasteiger partial charge in [-0.2, -0.15) is 0 Å². The number of hydrogen-bond donors (Lipinski definition) is 2. The Hall–Kier alpha value is -0.980. The van der Waals surface area contributed by atoms with Crippen molar-refractivity contribution in [2.45, 2.75) is 31.6 Å². The number of nitrogens with one attached hydrogen (secondary N) is 1. The fourth-order valence-electron chi connectivity index (χ4n) is 2.09. The molecule has 1 amide bonds. The molecular formula is C13H16BrFN2O2. The lowest BCUT2D eigenvalue weighted by Gasteiger charge is -2.12. The molecule has 2 rings (SSSR count). The average Bonchev–Trinajstić information content (AvgIpc) is 2.83. The minimum absolute atomic E-state index is 0.0286. The second kappa shape index (κ2) is 6.45. The zero-order valence-electron chi connectivity index (χ0n) is 10.4. The van der Waals surface area contributed by atoms with Gasteiger partial charge in [-0.25, -0.2) is 4.39 Å². The number of amides is 1. The molecule has 1 heterocycles. The highest BCUT2D eigenvalue weighted by atomic mass is 79.9. The van der Waals surface area contributed by atoms with E-state index in [1.54, 1.807) is 6.07 Å². The van der Waals surface area contributed by atoms with E-state index >= 15 is 0 Å². The van der Waals surface area contributed by atoms with Crippen molar-refractivity contribution < 1.29 is 13.9 Å². The van der Waals surface area contributed by atoms with Crippen LogP contribution in [-0.4, -0.2) is 24.7 Å². The predicted molar refractivity (Wildman–Crippen MR) is 72.9 cm³/mol. The topological polar surface area (TPSA) is 64.4 Å². The summed E-state index contributed by atoms with van der Waals surface area (Å²) in [7, 11) is 0. The Morgan fingerprint density at radius 1 is 1.47 bits per heavy atom. The maximum atomic E-state index is 13.2. The molecule has 6 heteroatoms. The van der Waals surface area contributed by atoms with Crippen molar-refractivity contribution in [1.82, 2.24) is 5.32 Å². The molecule has 104 valence electrons. The van der Waals surface area contributed by atoms with E-state index in [1.807, 2.05) is 0 Å². The average molecular weight is 331 g/mol. The van der Waals surface area contributed by atoms with Crippen LogP contribution in [-0.2, 0) is 16.1 Å². The molecule has 0 aliphatic carbocycles.